The molecule has 0 heterocycles. The van der Waals surface area contributed by atoms with Gasteiger partial charge in [-0.1, -0.05) is 18.8 Å². The Morgan fingerprint density at radius 3 is 1.92 bits per heavy atom. The maximum atomic E-state index is 11.6. The van der Waals surface area contributed by atoms with Crippen molar-refractivity contribution in [2.75, 3.05) is 19.6 Å². The highest BCUT2D eigenvalue weighted by Gasteiger charge is 2.15. The van der Waals surface area contributed by atoms with E-state index in [4.69, 9.17) is 11.2 Å². The molecular formula is C19H33N3O4. The van der Waals surface area contributed by atoms with Crippen molar-refractivity contribution in [3.05, 3.63) is 0 Å². The standard InChI is InChI=1S/C19H33N3O4/c1-5-13-20-16(23)11-10-12-17(24)21-14-8-6-7-9-15-22-18(25)26-19(2,3)4/h1H,6-15H2,2-4H3,(H,20,23)(H,21,24)(H,22,25). The molecule has 7 nitrogen and oxygen atoms in total. The molecule has 0 saturated heterocycles. The zero-order chi connectivity index (χ0) is 19.8. The second-order valence-corrected chi connectivity index (χ2v) is 7.03. The van der Waals surface area contributed by atoms with Gasteiger partial charge in [0, 0.05) is 25.9 Å². The van der Waals surface area contributed by atoms with E-state index < -0.39 is 11.7 Å². The molecule has 0 aromatic carbocycles. The molecule has 0 aliphatic rings. The predicted molar refractivity (Wildman–Crippen MR) is 101 cm³/mol. The predicted octanol–water partition coefficient (Wildman–Crippen LogP) is 2.11. The Bertz CT molecular complexity index is 478. The Kier molecular flexibility index (Phi) is 12.8. The van der Waals surface area contributed by atoms with E-state index in [2.05, 4.69) is 21.9 Å². The molecule has 0 fully saturated rings. The van der Waals surface area contributed by atoms with Crippen LogP contribution in [0.1, 0.15) is 65.7 Å². The summed E-state index contributed by atoms with van der Waals surface area (Å²) in [5.41, 5.74) is -0.478. The fraction of sp³-hybridized carbons (Fsp3) is 0.737. The van der Waals surface area contributed by atoms with Crippen molar-refractivity contribution in [3.63, 3.8) is 0 Å². The molecule has 0 unspecified atom stereocenters. The number of rotatable bonds is 12. The lowest BCUT2D eigenvalue weighted by atomic mass is 10.2. The SMILES string of the molecule is C#CCNC(=O)CCCC(=O)NCCCCCCNC(=O)OC(C)(C)C. The lowest BCUT2D eigenvalue weighted by Crippen LogP contribution is -2.33. The van der Waals surface area contributed by atoms with Crippen molar-refractivity contribution in [1.29, 1.82) is 0 Å². The molecule has 26 heavy (non-hydrogen) atoms. The largest absolute Gasteiger partial charge is 0.444 e. The second kappa shape index (κ2) is 14.0. The lowest BCUT2D eigenvalue weighted by Gasteiger charge is -2.19. The van der Waals surface area contributed by atoms with E-state index in [9.17, 15) is 14.4 Å². The van der Waals surface area contributed by atoms with Crippen molar-refractivity contribution in [1.82, 2.24) is 16.0 Å². The number of ether oxygens (including phenoxy) is 1. The Hall–Kier alpha value is -2.23. The summed E-state index contributed by atoms with van der Waals surface area (Å²) in [6.07, 6.45) is 9.52. The van der Waals surface area contributed by atoms with E-state index in [1.807, 2.05) is 20.8 Å². The third-order valence-electron chi connectivity index (χ3n) is 3.29. The van der Waals surface area contributed by atoms with Gasteiger partial charge in [0.2, 0.25) is 11.8 Å². The van der Waals surface area contributed by atoms with Gasteiger partial charge in [-0.2, -0.15) is 0 Å². The fourth-order valence-electron chi connectivity index (χ4n) is 2.07. The maximum absolute atomic E-state index is 11.6. The van der Waals surface area contributed by atoms with Crippen molar-refractivity contribution in [2.45, 2.75) is 71.3 Å². The topological polar surface area (TPSA) is 96.5 Å². The molecular weight excluding hydrogens is 334 g/mol. The van der Waals surface area contributed by atoms with Gasteiger partial charge >= 0.3 is 6.09 Å². The van der Waals surface area contributed by atoms with Crippen LogP contribution in [0.2, 0.25) is 0 Å². The van der Waals surface area contributed by atoms with Crippen LogP contribution in [0, 0.1) is 12.3 Å². The minimum absolute atomic E-state index is 0.0404. The minimum atomic E-state index is -0.478. The van der Waals surface area contributed by atoms with Crippen molar-refractivity contribution in [3.8, 4) is 12.3 Å². The van der Waals surface area contributed by atoms with Crippen LogP contribution >= 0.6 is 0 Å². The summed E-state index contributed by atoms with van der Waals surface area (Å²) in [5.74, 6) is 2.16. The summed E-state index contributed by atoms with van der Waals surface area (Å²) in [4.78, 5) is 34.4. The van der Waals surface area contributed by atoms with E-state index in [1.54, 1.807) is 0 Å². The van der Waals surface area contributed by atoms with Gasteiger partial charge in [0.15, 0.2) is 0 Å². The summed E-state index contributed by atoms with van der Waals surface area (Å²) in [6.45, 7) is 6.92. The maximum Gasteiger partial charge on any atom is 0.407 e. The molecule has 0 aromatic heterocycles. The number of amides is 3. The molecule has 0 rings (SSSR count). The molecule has 0 aromatic rings. The number of carbonyl (C=O) groups excluding carboxylic acids is 3. The first-order valence-electron chi connectivity index (χ1n) is 9.18. The molecule has 0 radical (unpaired) electrons. The summed E-state index contributed by atoms with van der Waals surface area (Å²) in [7, 11) is 0. The van der Waals surface area contributed by atoms with Gasteiger partial charge in [0.25, 0.3) is 0 Å². The summed E-state index contributed by atoms with van der Waals surface area (Å²) >= 11 is 0. The Morgan fingerprint density at radius 1 is 0.846 bits per heavy atom. The molecule has 148 valence electrons. The van der Waals surface area contributed by atoms with Gasteiger partial charge in [-0.15, -0.1) is 6.42 Å². The average Bonchev–Trinajstić information content (AvgIpc) is 2.53. The molecule has 0 aliphatic carbocycles. The fourth-order valence-corrected chi connectivity index (χ4v) is 2.07. The Morgan fingerprint density at radius 2 is 1.38 bits per heavy atom. The first kappa shape index (κ1) is 23.8. The van der Waals surface area contributed by atoms with Gasteiger partial charge in [-0.05, 0) is 40.0 Å². The lowest BCUT2D eigenvalue weighted by molar-refractivity contribution is -0.122. The number of unbranched alkanes of at least 4 members (excludes halogenated alkanes) is 3. The highest BCUT2D eigenvalue weighted by atomic mass is 16.6. The van der Waals surface area contributed by atoms with Crippen molar-refractivity contribution in [2.24, 2.45) is 0 Å². The highest BCUT2D eigenvalue weighted by Crippen LogP contribution is 2.06. The zero-order valence-corrected chi connectivity index (χ0v) is 16.3. The van der Waals surface area contributed by atoms with Crippen molar-refractivity contribution < 1.29 is 19.1 Å². The molecule has 0 bridgehead atoms. The quantitative estimate of drug-likeness (QED) is 0.363. The number of terminal acetylenes is 1. The summed E-state index contributed by atoms with van der Waals surface area (Å²) in [6, 6.07) is 0. The van der Waals surface area contributed by atoms with Crippen LogP contribution in [0.5, 0.6) is 0 Å². The van der Waals surface area contributed by atoms with E-state index in [0.29, 0.717) is 32.4 Å². The molecule has 7 heteroatoms. The molecule has 0 saturated carbocycles. The number of hydrogen-bond donors (Lipinski definition) is 3. The number of nitrogens with one attached hydrogen (secondary N) is 3. The molecule has 0 atom stereocenters. The van der Waals surface area contributed by atoms with Crippen LogP contribution in [-0.2, 0) is 14.3 Å². The highest BCUT2D eigenvalue weighted by molar-refractivity contribution is 5.78. The third kappa shape index (κ3) is 16.6. The Balaban J connectivity index is 3.44. The van der Waals surface area contributed by atoms with Crippen LogP contribution in [-0.4, -0.2) is 43.1 Å². The average molecular weight is 367 g/mol. The van der Waals surface area contributed by atoms with Crippen molar-refractivity contribution >= 4 is 17.9 Å². The first-order chi connectivity index (χ1) is 12.2. The van der Waals surface area contributed by atoms with Gasteiger partial charge in [-0.3, -0.25) is 9.59 Å². The second-order valence-electron chi connectivity index (χ2n) is 7.03. The monoisotopic (exact) mass is 367 g/mol. The van der Waals surface area contributed by atoms with E-state index in [1.165, 1.54) is 0 Å². The van der Waals surface area contributed by atoms with Gasteiger partial charge in [0.05, 0.1) is 6.54 Å². The normalized spacial score (nSPS) is 10.5. The summed E-state index contributed by atoms with van der Waals surface area (Å²) < 4.78 is 5.14. The molecule has 0 aliphatic heterocycles. The smallest absolute Gasteiger partial charge is 0.407 e. The minimum Gasteiger partial charge on any atom is -0.444 e. The first-order valence-corrected chi connectivity index (χ1v) is 9.18. The van der Waals surface area contributed by atoms with Crippen LogP contribution in [0.4, 0.5) is 4.79 Å². The van der Waals surface area contributed by atoms with Gasteiger partial charge in [-0.25, -0.2) is 4.79 Å². The Labute approximate surface area is 157 Å². The molecule has 3 amide bonds. The van der Waals surface area contributed by atoms with Gasteiger partial charge < -0.3 is 20.7 Å². The molecule has 0 spiro atoms. The van der Waals surface area contributed by atoms with Crippen LogP contribution in [0.15, 0.2) is 0 Å². The number of hydrogen-bond acceptors (Lipinski definition) is 4. The zero-order valence-electron chi connectivity index (χ0n) is 16.3. The van der Waals surface area contributed by atoms with Crippen LogP contribution < -0.4 is 16.0 Å². The van der Waals surface area contributed by atoms with E-state index in [0.717, 1.165) is 25.7 Å². The summed E-state index contributed by atoms with van der Waals surface area (Å²) in [5, 5.41) is 8.12. The van der Waals surface area contributed by atoms with Gasteiger partial charge in [0.1, 0.15) is 5.60 Å². The van der Waals surface area contributed by atoms with Crippen LogP contribution in [0.25, 0.3) is 0 Å². The van der Waals surface area contributed by atoms with E-state index in [-0.39, 0.29) is 18.4 Å². The number of alkyl carbamates (subject to hydrolysis) is 1. The molecule has 3 N–H and O–H groups in total. The number of carbonyl (C=O) groups is 3. The van der Waals surface area contributed by atoms with Crippen LogP contribution in [0.3, 0.4) is 0 Å². The third-order valence-corrected chi connectivity index (χ3v) is 3.29. The van der Waals surface area contributed by atoms with E-state index >= 15 is 0 Å².